The van der Waals surface area contributed by atoms with Crippen LogP contribution in [0.4, 0.5) is 5.82 Å². The predicted molar refractivity (Wildman–Crippen MR) is 75.8 cm³/mol. The second kappa shape index (κ2) is 6.73. The minimum Gasteiger partial charge on any atom is -0.465 e. The van der Waals surface area contributed by atoms with Gasteiger partial charge in [-0.1, -0.05) is 0 Å². The van der Waals surface area contributed by atoms with Gasteiger partial charge < -0.3 is 9.64 Å². The molecule has 1 aromatic rings. The number of hydrogen-bond donors (Lipinski definition) is 0. The van der Waals surface area contributed by atoms with E-state index in [0.29, 0.717) is 6.61 Å². The first kappa shape index (κ1) is 15.0. The van der Waals surface area contributed by atoms with E-state index in [9.17, 15) is 4.79 Å². The molecule has 0 aromatic carbocycles. The summed E-state index contributed by atoms with van der Waals surface area (Å²) < 4.78 is 5.92. The third kappa shape index (κ3) is 3.98. The first-order valence-electron chi connectivity index (χ1n) is 6.00. The lowest BCUT2D eigenvalue weighted by Crippen LogP contribution is -2.37. The second-order valence-corrected chi connectivity index (χ2v) is 5.24. The van der Waals surface area contributed by atoms with Gasteiger partial charge in [0.1, 0.15) is 12.4 Å². The van der Waals surface area contributed by atoms with E-state index < -0.39 is 0 Å². The van der Waals surface area contributed by atoms with Crippen molar-refractivity contribution in [1.82, 2.24) is 4.98 Å². The van der Waals surface area contributed by atoms with Crippen LogP contribution in [-0.4, -0.2) is 30.1 Å². The Kier molecular flexibility index (Phi) is 5.59. The summed E-state index contributed by atoms with van der Waals surface area (Å²) in [5.74, 6) is 0.594. The lowest BCUT2D eigenvalue weighted by atomic mass is 10.2. The van der Waals surface area contributed by atoms with E-state index in [1.807, 2.05) is 31.7 Å². The van der Waals surface area contributed by atoms with Crippen molar-refractivity contribution in [1.29, 1.82) is 0 Å². The molecular formula is C13H19BrN2O2. The summed E-state index contributed by atoms with van der Waals surface area (Å²) >= 11 is 3.39. The number of nitrogens with zero attached hydrogens (tertiary/aromatic N) is 2. The lowest BCUT2D eigenvalue weighted by Gasteiger charge is -2.28. The molecule has 0 saturated heterocycles. The molecule has 1 heterocycles. The molecule has 0 unspecified atom stereocenters. The molecule has 0 aliphatic rings. The Balaban J connectivity index is 2.94. The molecule has 0 bridgehead atoms. The Morgan fingerprint density at radius 3 is 2.72 bits per heavy atom. The molecule has 18 heavy (non-hydrogen) atoms. The number of pyridine rings is 1. The third-order valence-corrected chi connectivity index (χ3v) is 2.95. The van der Waals surface area contributed by atoms with Crippen LogP contribution >= 0.6 is 15.9 Å². The van der Waals surface area contributed by atoms with Crippen molar-refractivity contribution < 1.29 is 9.53 Å². The highest BCUT2D eigenvalue weighted by molar-refractivity contribution is 9.10. The lowest BCUT2D eigenvalue weighted by molar-refractivity contribution is -0.141. The fourth-order valence-electron chi connectivity index (χ4n) is 1.68. The van der Waals surface area contributed by atoms with Gasteiger partial charge in [0.2, 0.25) is 0 Å². The molecule has 0 aliphatic carbocycles. The monoisotopic (exact) mass is 314 g/mol. The van der Waals surface area contributed by atoms with Gasteiger partial charge in [-0.3, -0.25) is 4.79 Å². The number of esters is 1. The summed E-state index contributed by atoms with van der Waals surface area (Å²) in [6.07, 6.45) is 1.74. The van der Waals surface area contributed by atoms with Gasteiger partial charge in [-0.05, 0) is 55.3 Å². The van der Waals surface area contributed by atoms with E-state index in [2.05, 4.69) is 20.9 Å². The quantitative estimate of drug-likeness (QED) is 0.784. The zero-order valence-electron chi connectivity index (χ0n) is 11.2. The zero-order chi connectivity index (χ0) is 13.7. The van der Waals surface area contributed by atoms with Crippen molar-refractivity contribution in [3.63, 3.8) is 0 Å². The summed E-state index contributed by atoms with van der Waals surface area (Å²) in [5.41, 5.74) is 1.03. The predicted octanol–water partition coefficient (Wildman–Crippen LogP) is 2.93. The van der Waals surface area contributed by atoms with Gasteiger partial charge in [0.15, 0.2) is 0 Å². The molecule has 1 rings (SSSR count). The molecular weight excluding hydrogens is 296 g/mol. The van der Waals surface area contributed by atoms with Crippen LogP contribution in [0.15, 0.2) is 16.7 Å². The van der Waals surface area contributed by atoms with Crippen LogP contribution in [0.1, 0.15) is 26.3 Å². The zero-order valence-corrected chi connectivity index (χ0v) is 12.8. The highest BCUT2D eigenvalue weighted by Gasteiger charge is 2.18. The van der Waals surface area contributed by atoms with Crippen LogP contribution in [-0.2, 0) is 9.53 Å². The van der Waals surface area contributed by atoms with Gasteiger partial charge in [0.05, 0.1) is 6.61 Å². The SMILES string of the molecule is CCOC(=O)CN(c1ncc(Br)cc1C)C(C)C. The van der Waals surface area contributed by atoms with Gasteiger partial charge in [0, 0.05) is 16.7 Å². The van der Waals surface area contributed by atoms with Crippen LogP contribution in [0.25, 0.3) is 0 Å². The summed E-state index contributed by atoms with van der Waals surface area (Å²) in [6, 6.07) is 2.17. The number of aromatic nitrogens is 1. The first-order chi connectivity index (χ1) is 8.45. The number of hydrogen-bond acceptors (Lipinski definition) is 4. The largest absolute Gasteiger partial charge is 0.465 e. The number of anilines is 1. The highest BCUT2D eigenvalue weighted by atomic mass is 79.9. The van der Waals surface area contributed by atoms with Gasteiger partial charge in [-0.2, -0.15) is 0 Å². The van der Waals surface area contributed by atoms with E-state index in [1.54, 1.807) is 13.1 Å². The van der Waals surface area contributed by atoms with Gasteiger partial charge in [0.25, 0.3) is 0 Å². The Labute approximate surface area is 116 Å². The fourth-order valence-corrected chi connectivity index (χ4v) is 2.13. The van der Waals surface area contributed by atoms with Crippen molar-refractivity contribution >= 4 is 27.7 Å². The highest BCUT2D eigenvalue weighted by Crippen LogP contribution is 2.22. The summed E-state index contributed by atoms with van der Waals surface area (Å²) in [7, 11) is 0. The Bertz CT molecular complexity index is 421. The Hall–Kier alpha value is -1.10. The van der Waals surface area contributed by atoms with Crippen LogP contribution in [0.2, 0.25) is 0 Å². The number of aryl methyl sites for hydroxylation is 1. The number of ether oxygens (including phenoxy) is 1. The van der Waals surface area contributed by atoms with Crippen LogP contribution < -0.4 is 4.90 Å². The van der Waals surface area contributed by atoms with Crippen molar-refractivity contribution in [3.05, 3.63) is 22.3 Å². The maximum atomic E-state index is 11.6. The van der Waals surface area contributed by atoms with E-state index in [0.717, 1.165) is 15.9 Å². The van der Waals surface area contributed by atoms with E-state index in [1.165, 1.54) is 0 Å². The topological polar surface area (TPSA) is 42.4 Å². The van der Waals surface area contributed by atoms with Crippen molar-refractivity contribution in [3.8, 4) is 0 Å². The molecule has 1 aromatic heterocycles. The smallest absolute Gasteiger partial charge is 0.325 e. The number of rotatable bonds is 5. The minimum absolute atomic E-state index is 0.182. The maximum absolute atomic E-state index is 11.6. The number of halogens is 1. The minimum atomic E-state index is -0.227. The average molecular weight is 315 g/mol. The molecule has 0 N–H and O–H groups in total. The van der Waals surface area contributed by atoms with Crippen molar-refractivity contribution in [2.45, 2.75) is 33.7 Å². The standard InChI is InChI=1S/C13H19BrN2O2/c1-5-18-12(17)8-16(9(2)3)13-10(4)6-11(14)7-15-13/h6-7,9H,5,8H2,1-4H3. The average Bonchev–Trinajstić information content (AvgIpc) is 2.27. The van der Waals surface area contributed by atoms with Crippen LogP contribution in [0, 0.1) is 6.92 Å². The molecule has 100 valence electrons. The molecule has 0 amide bonds. The summed E-state index contributed by atoms with van der Waals surface area (Å²) in [6.45, 7) is 8.47. The van der Waals surface area contributed by atoms with Gasteiger partial charge in [-0.15, -0.1) is 0 Å². The Morgan fingerprint density at radius 1 is 1.56 bits per heavy atom. The molecule has 0 aliphatic heterocycles. The summed E-state index contributed by atoms with van der Waals surface area (Å²) in [4.78, 5) is 17.9. The van der Waals surface area contributed by atoms with Gasteiger partial charge >= 0.3 is 5.97 Å². The molecule has 0 radical (unpaired) electrons. The van der Waals surface area contributed by atoms with Crippen LogP contribution in [0.5, 0.6) is 0 Å². The molecule has 4 nitrogen and oxygen atoms in total. The van der Waals surface area contributed by atoms with E-state index >= 15 is 0 Å². The molecule has 0 atom stereocenters. The third-order valence-electron chi connectivity index (χ3n) is 2.52. The molecule has 0 saturated carbocycles. The molecule has 5 heteroatoms. The number of carbonyl (C=O) groups is 1. The maximum Gasteiger partial charge on any atom is 0.325 e. The van der Waals surface area contributed by atoms with Crippen molar-refractivity contribution in [2.24, 2.45) is 0 Å². The second-order valence-electron chi connectivity index (χ2n) is 4.32. The Morgan fingerprint density at radius 2 is 2.22 bits per heavy atom. The summed E-state index contributed by atoms with van der Waals surface area (Å²) in [5, 5.41) is 0. The molecule has 0 fully saturated rings. The molecule has 0 spiro atoms. The van der Waals surface area contributed by atoms with E-state index in [4.69, 9.17) is 4.74 Å². The fraction of sp³-hybridized carbons (Fsp3) is 0.538. The first-order valence-corrected chi connectivity index (χ1v) is 6.79. The van der Waals surface area contributed by atoms with Gasteiger partial charge in [-0.25, -0.2) is 4.98 Å². The van der Waals surface area contributed by atoms with Crippen LogP contribution in [0.3, 0.4) is 0 Å². The van der Waals surface area contributed by atoms with E-state index in [-0.39, 0.29) is 18.6 Å². The van der Waals surface area contributed by atoms with Crippen molar-refractivity contribution in [2.75, 3.05) is 18.1 Å². The number of carbonyl (C=O) groups excluding carboxylic acids is 1. The normalized spacial score (nSPS) is 10.6.